The van der Waals surface area contributed by atoms with Crippen LogP contribution in [0.4, 0.5) is 14.7 Å². The van der Waals surface area contributed by atoms with Gasteiger partial charge in [0, 0.05) is 23.5 Å². The van der Waals surface area contributed by atoms with Crippen LogP contribution < -0.4 is 26.4 Å². The van der Waals surface area contributed by atoms with Crippen molar-refractivity contribution in [3.05, 3.63) is 87.2 Å². The number of rotatable bonds is 15. The first-order chi connectivity index (χ1) is 24.5. The molecular formula is C36H42FN7O5S2. The zero-order valence-electron chi connectivity index (χ0n) is 28.5. The van der Waals surface area contributed by atoms with Gasteiger partial charge in [0.25, 0.3) is 0 Å². The smallest absolute Gasteiger partial charge is 0.355 e. The molecule has 3 heterocycles. The van der Waals surface area contributed by atoms with Crippen LogP contribution in [0.15, 0.2) is 65.3 Å². The third-order valence-electron chi connectivity index (χ3n) is 8.29. The number of fused-ring (bicyclic) bond motifs is 1. The summed E-state index contributed by atoms with van der Waals surface area (Å²) in [6, 6.07) is 12.3. The Bertz CT molecular complexity index is 1950. The minimum atomic E-state index is -1.13. The first-order valence-corrected chi connectivity index (χ1v) is 18.1. The van der Waals surface area contributed by atoms with E-state index < -0.39 is 17.9 Å². The maximum Gasteiger partial charge on any atom is 0.355 e. The van der Waals surface area contributed by atoms with E-state index in [0.717, 1.165) is 27.8 Å². The predicted molar refractivity (Wildman–Crippen MR) is 199 cm³/mol. The first kappa shape index (κ1) is 37.5. The molecule has 4 aromatic rings. The molecule has 0 spiro atoms. The zero-order valence-corrected chi connectivity index (χ0v) is 30.1. The van der Waals surface area contributed by atoms with Crippen molar-refractivity contribution in [1.82, 2.24) is 14.9 Å². The number of aromatic nitrogens is 2. The molecule has 5 rings (SSSR count). The van der Waals surface area contributed by atoms with Crippen LogP contribution in [0, 0.1) is 17.7 Å². The number of carboxylic acids is 1. The molecule has 1 aliphatic heterocycles. The number of aliphatic hydroxyl groups is 2. The Morgan fingerprint density at radius 2 is 2.04 bits per heavy atom. The van der Waals surface area contributed by atoms with Gasteiger partial charge < -0.3 is 41.7 Å². The molecule has 0 bridgehead atoms. The molecule has 0 saturated carbocycles. The molecule has 0 unspecified atom stereocenters. The summed E-state index contributed by atoms with van der Waals surface area (Å²) in [4.78, 5) is 25.5. The Morgan fingerprint density at radius 1 is 1.24 bits per heavy atom. The SMILES string of the molecule is C/C(C1=C(N)N(c2nc(C(=O)O)c(CCCOc3ccc(C#CCN(C)CC[C@H](O)CO)cc3F)s2)CCC1)=C(/N)Nc1nc2ccccc2s1. The van der Waals surface area contributed by atoms with E-state index in [1.54, 1.807) is 6.07 Å². The lowest BCUT2D eigenvalue weighted by molar-refractivity contribution is 0.0690. The van der Waals surface area contributed by atoms with Gasteiger partial charge in [0.05, 0.1) is 36.1 Å². The Kier molecular flexibility index (Phi) is 12.9. The molecule has 270 valence electrons. The molecule has 51 heavy (non-hydrogen) atoms. The maximum absolute atomic E-state index is 14.8. The predicted octanol–water partition coefficient (Wildman–Crippen LogP) is 4.70. The topological polar surface area (TPSA) is 183 Å². The molecule has 2 aromatic heterocycles. The summed E-state index contributed by atoms with van der Waals surface area (Å²) in [6.45, 7) is 3.35. The van der Waals surface area contributed by atoms with Crippen LogP contribution in [0.1, 0.15) is 53.5 Å². The summed E-state index contributed by atoms with van der Waals surface area (Å²) in [6.07, 6.45) is 1.96. The zero-order chi connectivity index (χ0) is 36.5. The van der Waals surface area contributed by atoms with E-state index in [1.165, 1.54) is 34.8 Å². The molecule has 0 radical (unpaired) electrons. The molecule has 1 aliphatic rings. The molecule has 0 fully saturated rings. The summed E-state index contributed by atoms with van der Waals surface area (Å²) in [5, 5.41) is 32.7. The minimum absolute atomic E-state index is 0.0384. The Balaban J connectivity index is 1.19. The second-order valence-corrected chi connectivity index (χ2v) is 14.2. The molecule has 0 amide bonds. The van der Waals surface area contributed by atoms with Gasteiger partial charge in [0.2, 0.25) is 0 Å². The largest absolute Gasteiger partial charge is 0.491 e. The molecular weight excluding hydrogens is 694 g/mol. The number of ether oxygens (including phenoxy) is 1. The number of benzene rings is 2. The number of aromatic carboxylic acids is 1. The van der Waals surface area contributed by atoms with Crippen molar-refractivity contribution in [3.63, 3.8) is 0 Å². The number of thiazole rings is 2. The quantitative estimate of drug-likeness (QED) is 0.0732. The van der Waals surface area contributed by atoms with E-state index in [1.807, 2.05) is 48.0 Å². The van der Waals surface area contributed by atoms with Crippen LogP contribution in [0.5, 0.6) is 5.75 Å². The number of anilines is 2. The Morgan fingerprint density at radius 3 is 2.78 bits per heavy atom. The van der Waals surface area contributed by atoms with Crippen LogP contribution in [-0.4, -0.2) is 82.2 Å². The number of hydrogen-bond donors (Lipinski definition) is 6. The van der Waals surface area contributed by atoms with Crippen molar-refractivity contribution in [2.75, 3.05) is 50.1 Å². The summed E-state index contributed by atoms with van der Waals surface area (Å²) in [5.41, 5.74) is 16.1. The Labute approximate surface area is 303 Å². The van der Waals surface area contributed by atoms with Gasteiger partial charge in [0.15, 0.2) is 27.5 Å². The third kappa shape index (κ3) is 9.75. The number of nitrogens with one attached hydrogen (secondary N) is 1. The fourth-order valence-corrected chi connectivity index (χ4v) is 7.43. The average Bonchev–Trinajstić information content (AvgIpc) is 3.73. The van der Waals surface area contributed by atoms with E-state index in [-0.39, 0.29) is 24.7 Å². The van der Waals surface area contributed by atoms with Crippen molar-refractivity contribution in [3.8, 4) is 17.6 Å². The highest BCUT2D eigenvalue weighted by Crippen LogP contribution is 2.35. The van der Waals surface area contributed by atoms with Crippen LogP contribution in [0.2, 0.25) is 0 Å². The molecule has 2 aromatic carbocycles. The van der Waals surface area contributed by atoms with E-state index in [0.29, 0.717) is 77.7 Å². The number of aliphatic hydroxyl groups excluding tert-OH is 2. The molecule has 1 atom stereocenters. The van der Waals surface area contributed by atoms with Gasteiger partial charge >= 0.3 is 5.97 Å². The number of nitrogens with zero attached hydrogens (tertiary/aromatic N) is 4. The van der Waals surface area contributed by atoms with Crippen molar-refractivity contribution in [1.29, 1.82) is 0 Å². The van der Waals surface area contributed by atoms with Crippen LogP contribution >= 0.6 is 22.7 Å². The van der Waals surface area contributed by atoms with Crippen molar-refractivity contribution >= 4 is 49.1 Å². The Hall–Kier alpha value is -4.72. The van der Waals surface area contributed by atoms with Crippen LogP contribution in [-0.2, 0) is 6.42 Å². The summed E-state index contributed by atoms with van der Waals surface area (Å²) in [5.74, 6) is 5.21. The van der Waals surface area contributed by atoms with Crippen LogP contribution in [0.25, 0.3) is 10.2 Å². The molecule has 15 heteroatoms. The van der Waals surface area contributed by atoms with E-state index in [4.69, 9.17) is 21.3 Å². The van der Waals surface area contributed by atoms with Crippen molar-refractivity contribution < 1.29 is 29.2 Å². The lowest BCUT2D eigenvalue weighted by Crippen LogP contribution is -2.34. The minimum Gasteiger partial charge on any atom is -0.491 e. The second-order valence-electron chi connectivity index (χ2n) is 12.1. The maximum atomic E-state index is 14.8. The van der Waals surface area contributed by atoms with E-state index in [9.17, 15) is 19.4 Å². The monoisotopic (exact) mass is 735 g/mol. The van der Waals surface area contributed by atoms with Crippen molar-refractivity contribution in [2.45, 2.75) is 45.1 Å². The lowest BCUT2D eigenvalue weighted by atomic mass is 9.99. The van der Waals surface area contributed by atoms with E-state index >= 15 is 0 Å². The summed E-state index contributed by atoms with van der Waals surface area (Å²) < 4.78 is 21.5. The number of aryl methyl sites for hydroxylation is 1. The van der Waals surface area contributed by atoms with Gasteiger partial charge in [-0.1, -0.05) is 35.3 Å². The molecule has 0 aliphatic carbocycles. The van der Waals surface area contributed by atoms with Crippen LogP contribution in [0.3, 0.4) is 0 Å². The van der Waals surface area contributed by atoms with Gasteiger partial charge in [-0.25, -0.2) is 19.2 Å². The fraction of sp³-hybridized carbons (Fsp3) is 0.361. The highest BCUT2D eigenvalue weighted by Gasteiger charge is 2.27. The number of carbonyl (C=O) groups is 1. The van der Waals surface area contributed by atoms with Gasteiger partial charge in [-0.3, -0.25) is 4.90 Å². The van der Waals surface area contributed by atoms with Gasteiger partial charge in [0.1, 0.15) is 11.6 Å². The average molecular weight is 736 g/mol. The highest BCUT2D eigenvalue weighted by molar-refractivity contribution is 7.22. The molecule has 8 N–H and O–H groups in total. The third-order valence-corrected chi connectivity index (χ3v) is 10.4. The number of para-hydroxylation sites is 1. The van der Waals surface area contributed by atoms with Gasteiger partial charge in [-0.15, -0.1) is 11.3 Å². The standard InChI is InChI=1S/C36H42FN7O5S2/c1-22(32(38)42-35-40-27-10-3-4-11-29(27)50-35)25-9-6-17-44(33(25)39)36-41-31(34(47)48)30(51-36)12-7-19-49-28-14-13-23(20-26(28)37)8-5-16-43(2)18-15-24(46)21-45/h3-4,10-11,13-14,20,24,45-46H,6-7,9,12,15-19,21,38-39H2,1-2H3,(H,40,42)(H,47,48)/b32-22+/t24-/m0/s1. The first-order valence-electron chi connectivity index (χ1n) is 16.5. The number of hydrogen-bond acceptors (Lipinski definition) is 13. The number of carboxylic acid groups (broad SMARTS) is 1. The second kappa shape index (κ2) is 17.5. The lowest BCUT2D eigenvalue weighted by Gasteiger charge is -2.30. The fourth-order valence-electron chi connectivity index (χ4n) is 5.42. The van der Waals surface area contributed by atoms with Crippen molar-refractivity contribution in [2.24, 2.45) is 11.5 Å². The molecule has 0 saturated heterocycles. The highest BCUT2D eigenvalue weighted by atomic mass is 32.1. The van der Waals surface area contributed by atoms with Gasteiger partial charge in [-0.2, -0.15) is 0 Å². The normalized spacial score (nSPS) is 14.4. The molecule has 12 nitrogen and oxygen atoms in total. The van der Waals surface area contributed by atoms with Gasteiger partial charge in [-0.05, 0) is 87.6 Å². The number of nitrogens with two attached hydrogens (primary N) is 2. The van der Waals surface area contributed by atoms with E-state index in [2.05, 4.69) is 27.1 Å². The number of allylic oxidation sites excluding steroid dienone is 2. The summed E-state index contributed by atoms with van der Waals surface area (Å²) >= 11 is 2.77. The summed E-state index contributed by atoms with van der Waals surface area (Å²) in [7, 11) is 1.85. The number of halogens is 1.